The monoisotopic (exact) mass is 413 g/mol. The molecule has 0 radical (unpaired) electrons. The molecule has 0 aliphatic heterocycles. The van der Waals surface area contributed by atoms with E-state index in [-0.39, 0.29) is 23.9 Å². The van der Waals surface area contributed by atoms with Crippen molar-refractivity contribution in [3.8, 4) is 28.3 Å². The maximum absolute atomic E-state index is 13.3. The maximum atomic E-state index is 13.3. The highest BCUT2D eigenvalue weighted by molar-refractivity contribution is 5.94. The molecule has 31 heavy (non-hydrogen) atoms. The number of nitrogens with zero attached hydrogens (tertiary/aromatic N) is 2. The molecule has 2 N–H and O–H groups in total. The molecule has 1 heterocycles. The molecule has 0 saturated heterocycles. The topological polar surface area (TPSA) is 75.1 Å². The van der Waals surface area contributed by atoms with Crippen molar-refractivity contribution >= 4 is 11.7 Å². The van der Waals surface area contributed by atoms with Crippen LogP contribution in [0.25, 0.3) is 22.5 Å². The Morgan fingerprint density at radius 3 is 2.26 bits per heavy atom. The van der Waals surface area contributed by atoms with Gasteiger partial charge in [-0.1, -0.05) is 29.8 Å². The van der Waals surface area contributed by atoms with Crippen LogP contribution in [0.15, 0.2) is 79.0 Å². The van der Waals surface area contributed by atoms with Gasteiger partial charge < -0.3 is 10.4 Å². The van der Waals surface area contributed by atoms with Gasteiger partial charge in [0.2, 0.25) is 5.91 Å². The predicted molar refractivity (Wildman–Crippen MR) is 118 cm³/mol. The summed E-state index contributed by atoms with van der Waals surface area (Å²) >= 11 is 0. The van der Waals surface area contributed by atoms with Crippen molar-refractivity contribution in [1.29, 1.82) is 0 Å². The molecule has 0 aliphatic rings. The van der Waals surface area contributed by atoms with Gasteiger partial charge in [-0.3, -0.25) is 4.79 Å². The highest BCUT2D eigenvalue weighted by atomic mass is 19.1. The Kier molecular flexibility index (Phi) is 5.71. The SMILES string of the molecule is Cc1ccc(CC(=O)Nc2ncc(-c3ccc(F)cc3)nc2-c2ccc(O)cc2)cc1. The van der Waals surface area contributed by atoms with Crippen LogP contribution in [0.4, 0.5) is 10.2 Å². The summed E-state index contributed by atoms with van der Waals surface area (Å²) in [6.45, 7) is 1.99. The maximum Gasteiger partial charge on any atom is 0.230 e. The van der Waals surface area contributed by atoms with E-state index < -0.39 is 0 Å². The van der Waals surface area contributed by atoms with Crippen LogP contribution in [0, 0.1) is 12.7 Å². The standard InChI is InChI=1S/C25H20FN3O2/c1-16-2-4-17(5-3-16)14-23(31)29-25-24(19-8-12-21(30)13-9-19)28-22(15-27-25)18-6-10-20(26)11-7-18/h2-13,15,30H,14H2,1H3,(H,27,29,31). The summed E-state index contributed by atoms with van der Waals surface area (Å²) in [5.74, 6) is -0.117. The summed E-state index contributed by atoms with van der Waals surface area (Å²) in [5.41, 5.74) is 4.40. The first-order valence-corrected chi connectivity index (χ1v) is 9.76. The average Bonchev–Trinajstić information content (AvgIpc) is 2.77. The van der Waals surface area contributed by atoms with Crippen LogP contribution in [-0.2, 0) is 11.2 Å². The number of hydrogen-bond acceptors (Lipinski definition) is 4. The van der Waals surface area contributed by atoms with E-state index in [1.807, 2.05) is 31.2 Å². The van der Waals surface area contributed by atoms with Gasteiger partial charge in [-0.2, -0.15) is 0 Å². The molecule has 0 spiro atoms. The zero-order valence-electron chi connectivity index (χ0n) is 16.8. The third kappa shape index (κ3) is 4.93. The van der Waals surface area contributed by atoms with E-state index in [4.69, 9.17) is 0 Å². The molecule has 1 aromatic heterocycles. The van der Waals surface area contributed by atoms with E-state index in [1.54, 1.807) is 42.6 Å². The molecule has 6 heteroatoms. The Morgan fingerprint density at radius 2 is 1.58 bits per heavy atom. The molecule has 0 aliphatic carbocycles. The van der Waals surface area contributed by atoms with Gasteiger partial charge in [0, 0.05) is 11.1 Å². The molecule has 0 unspecified atom stereocenters. The van der Waals surface area contributed by atoms with Gasteiger partial charge in [-0.15, -0.1) is 0 Å². The first-order chi connectivity index (χ1) is 15.0. The molecule has 3 aromatic carbocycles. The van der Waals surface area contributed by atoms with Crippen LogP contribution in [0.5, 0.6) is 5.75 Å². The Bertz CT molecular complexity index is 1210. The summed E-state index contributed by atoms with van der Waals surface area (Å²) in [5, 5.41) is 12.5. The smallest absolute Gasteiger partial charge is 0.230 e. The second-order valence-corrected chi connectivity index (χ2v) is 7.22. The summed E-state index contributed by atoms with van der Waals surface area (Å²) < 4.78 is 13.3. The van der Waals surface area contributed by atoms with Crippen LogP contribution in [0.2, 0.25) is 0 Å². The number of aromatic nitrogens is 2. The van der Waals surface area contributed by atoms with Gasteiger partial charge >= 0.3 is 0 Å². The van der Waals surface area contributed by atoms with Gasteiger partial charge in [0.25, 0.3) is 0 Å². The first kappa shape index (κ1) is 20.2. The number of phenolic OH excluding ortho intramolecular Hbond substituents is 1. The fourth-order valence-electron chi connectivity index (χ4n) is 3.13. The normalized spacial score (nSPS) is 10.6. The predicted octanol–water partition coefficient (Wildman–Crippen LogP) is 5.14. The molecule has 5 nitrogen and oxygen atoms in total. The number of aryl methyl sites for hydroxylation is 1. The fraction of sp³-hybridized carbons (Fsp3) is 0.0800. The second-order valence-electron chi connectivity index (χ2n) is 7.22. The zero-order chi connectivity index (χ0) is 21.8. The van der Waals surface area contributed by atoms with Crippen molar-refractivity contribution in [2.24, 2.45) is 0 Å². The van der Waals surface area contributed by atoms with Crippen LogP contribution >= 0.6 is 0 Å². The van der Waals surface area contributed by atoms with Gasteiger partial charge in [0.15, 0.2) is 5.82 Å². The minimum absolute atomic E-state index is 0.122. The number of halogens is 1. The fourth-order valence-corrected chi connectivity index (χ4v) is 3.13. The minimum atomic E-state index is -0.338. The number of phenols is 1. The molecular weight excluding hydrogens is 393 g/mol. The Balaban J connectivity index is 1.67. The lowest BCUT2D eigenvalue weighted by molar-refractivity contribution is -0.115. The highest BCUT2D eigenvalue weighted by Crippen LogP contribution is 2.29. The molecule has 4 aromatic rings. The van der Waals surface area contributed by atoms with Gasteiger partial charge in [-0.25, -0.2) is 14.4 Å². The quantitative estimate of drug-likeness (QED) is 0.475. The van der Waals surface area contributed by atoms with E-state index in [0.717, 1.165) is 11.1 Å². The van der Waals surface area contributed by atoms with Gasteiger partial charge in [-0.05, 0) is 61.0 Å². The van der Waals surface area contributed by atoms with Crippen LogP contribution in [-0.4, -0.2) is 21.0 Å². The molecule has 0 bridgehead atoms. The van der Waals surface area contributed by atoms with Crippen molar-refractivity contribution in [1.82, 2.24) is 9.97 Å². The van der Waals surface area contributed by atoms with Gasteiger partial charge in [0.1, 0.15) is 17.3 Å². The number of carbonyl (C=O) groups is 1. The van der Waals surface area contributed by atoms with Crippen molar-refractivity contribution in [2.75, 3.05) is 5.32 Å². The Morgan fingerprint density at radius 1 is 0.935 bits per heavy atom. The van der Waals surface area contributed by atoms with E-state index >= 15 is 0 Å². The van der Waals surface area contributed by atoms with Crippen molar-refractivity contribution < 1.29 is 14.3 Å². The lowest BCUT2D eigenvalue weighted by Gasteiger charge is -2.12. The van der Waals surface area contributed by atoms with Crippen molar-refractivity contribution in [3.63, 3.8) is 0 Å². The molecule has 0 atom stereocenters. The van der Waals surface area contributed by atoms with Gasteiger partial charge in [0.05, 0.1) is 18.3 Å². The molecule has 0 fully saturated rings. The number of nitrogens with one attached hydrogen (secondary N) is 1. The minimum Gasteiger partial charge on any atom is -0.508 e. The lowest BCUT2D eigenvalue weighted by Crippen LogP contribution is -2.16. The Hall–Kier alpha value is -4.06. The number of carbonyl (C=O) groups excluding carboxylic acids is 1. The van der Waals surface area contributed by atoms with E-state index in [1.165, 1.54) is 12.1 Å². The number of aromatic hydroxyl groups is 1. The summed E-state index contributed by atoms with van der Waals surface area (Å²) in [6.07, 6.45) is 1.75. The number of anilines is 1. The Labute approximate surface area is 179 Å². The molecule has 4 rings (SSSR count). The first-order valence-electron chi connectivity index (χ1n) is 9.76. The summed E-state index contributed by atoms with van der Waals surface area (Å²) in [7, 11) is 0. The molecule has 0 saturated carbocycles. The largest absolute Gasteiger partial charge is 0.508 e. The summed E-state index contributed by atoms with van der Waals surface area (Å²) in [4.78, 5) is 21.7. The lowest BCUT2D eigenvalue weighted by atomic mass is 10.1. The number of hydrogen-bond donors (Lipinski definition) is 2. The van der Waals surface area contributed by atoms with Crippen molar-refractivity contribution in [3.05, 3.63) is 95.9 Å². The van der Waals surface area contributed by atoms with E-state index in [0.29, 0.717) is 28.3 Å². The number of benzene rings is 3. The van der Waals surface area contributed by atoms with E-state index in [2.05, 4.69) is 15.3 Å². The van der Waals surface area contributed by atoms with Crippen LogP contribution in [0.1, 0.15) is 11.1 Å². The molecular formula is C25H20FN3O2. The van der Waals surface area contributed by atoms with Crippen molar-refractivity contribution in [2.45, 2.75) is 13.3 Å². The molecule has 1 amide bonds. The second kappa shape index (κ2) is 8.75. The van der Waals surface area contributed by atoms with Crippen LogP contribution in [0.3, 0.4) is 0 Å². The van der Waals surface area contributed by atoms with Crippen LogP contribution < -0.4 is 5.32 Å². The highest BCUT2D eigenvalue weighted by Gasteiger charge is 2.14. The third-order valence-electron chi connectivity index (χ3n) is 4.80. The number of rotatable bonds is 5. The number of amides is 1. The summed E-state index contributed by atoms with van der Waals surface area (Å²) in [6, 6.07) is 20.2. The molecule has 154 valence electrons. The zero-order valence-corrected chi connectivity index (χ0v) is 16.8. The van der Waals surface area contributed by atoms with E-state index in [9.17, 15) is 14.3 Å². The average molecular weight is 413 g/mol. The third-order valence-corrected chi connectivity index (χ3v) is 4.80.